The van der Waals surface area contributed by atoms with Gasteiger partial charge in [-0.3, -0.25) is 9.59 Å². The molecular weight excluding hydrogens is 480 g/mol. The SMILES string of the molecule is COc1cc([C@H]2c3sc(=O)[nH]c3SC3C4CCC(C4)C32)ccc1OCC(=O)Nc1ccc(C)cc1. The monoisotopic (exact) mass is 508 g/mol. The normalized spacial score (nSPS) is 26.2. The van der Waals surface area contributed by atoms with Gasteiger partial charge in [-0.1, -0.05) is 35.1 Å². The predicted molar refractivity (Wildman–Crippen MR) is 139 cm³/mol. The van der Waals surface area contributed by atoms with Crippen molar-refractivity contribution in [3.05, 3.63) is 68.1 Å². The predicted octanol–water partition coefficient (Wildman–Crippen LogP) is 5.42. The zero-order valence-electron chi connectivity index (χ0n) is 19.7. The molecule has 2 aromatic carbocycles. The molecule has 2 aliphatic carbocycles. The third kappa shape index (κ3) is 4.16. The molecule has 1 aliphatic heterocycles. The highest BCUT2D eigenvalue weighted by Gasteiger charge is 2.54. The van der Waals surface area contributed by atoms with E-state index in [0.717, 1.165) is 32.6 Å². The number of carbonyl (C=O) groups is 1. The van der Waals surface area contributed by atoms with Gasteiger partial charge in [0, 0.05) is 21.7 Å². The molecule has 2 heterocycles. The van der Waals surface area contributed by atoms with Crippen molar-refractivity contribution < 1.29 is 14.3 Å². The van der Waals surface area contributed by atoms with E-state index in [2.05, 4.69) is 16.4 Å². The van der Waals surface area contributed by atoms with Gasteiger partial charge in [-0.25, -0.2) is 0 Å². The Morgan fingerprint density at radius 3 is 2.71 bits per heavy atom. The van der Waals surface area contributed by atoms with E-state index in [1.54, 1.807) is 7.11 Å². The number of aryl methyl sites for hydroxylation is 1. The molecule has 0 radical (unpaired) electrons. The zero-order chi connectivity index (χ0) is 24.1. The molecule has 1 amide bonds. The van der Waals surface area contributed by atoms with Crippen LogP contribution in [0.5, 0.6) is 11.5 Å². The van der Waals surface area contributed by atoms with Crippen molar-refractivity contribution in [1.29, 1.82) is 0 Å². The van der Waals surface area contributed by atoms with Gasteiger partial charge in [-0.2, -0.15) is 0 Å². The largest absolute Gasteiger partial charge is 0.493 e. The van der Waals surface area contributed by atoms with Crippen LogP contribution in [0.25, 0.3) is 0 Å². The Hall–Kier alpha value is -2.71. The van der Waals surface area contributed by atoms with Crippen molar-refractivity contribution in [2.75, 3.05) is 19.0 Å². The number of carbonyl (C=O) groups excluding carboxylic acids is 1. The molecule has 3 aliphatic rings. The summed E-state index contributed by atoms with van der Waals surface area (Å²) in [5.74, 6) is 3.08. The smallest absolute Gasteiger partial charge is 0.305 e. The van der Waals surface area contributed by atoms with Crippen LogP contribution in [0.15, 0.2) is 52.3 Å². The summed E-state index contributed by atoms with van der Waals surface area (Å²) in [4.78, 5) is 28.9. The van der Waals surface area contributed by atoms with Crippen LogP contribution in [0.3, 0.4) is 0 Å². The first-order valence-electron chi connectivity index (χ1n) is 12.1. The van der Waals surface area contributed by atoms with E-state index in [0.29, 0.717) is 28.6 Å². The summed E-state index contributed by atoms with van der Waals surface area (Å²) in [5.41, 5.74) is 3.03. The van der Waals surface area contributed by atoms with E-state index in [9.17, 15) is 9.59 Å². The van der Waals surface area contributed by atoms with Crippen molar-refractivity contribution in [3.8, 4) is 11.5 Å². The summed E-state index contributed by atoms with van der Waals surface area (Å²) in [6.07, 6.45) is 3.88. The van der Waals surface area contributed by atoms with E-state index in [4.69, 9.17) is 9.47 Å². The number of amides is 1. The van der Waals surface area contributed by atoms with Crippen molar-refractivity contribution in [2.24, 2.45) is 17.8 Å². The first kappa shape index (κ1) is 22.7. The van der Waals surface area contributed by atoms with Gasteiger partial charge in [-0.15, -0.1) is 11.8 Å². The number of thiazole rings is 1. The molecule has 5 atom stereocenters. The molecule has 0 spiro atoms. The first-order valence-corrected chi connectivity index (χ1v) is 13.8. The minimum atomic E-state index is -0.226. The Kier molecular flexibility index (Phi) is 5.89. The lowest BCUT2D eigenvalue weighted by Gasteiger charge is -2.40. The number of ether oxygens (including phenoxy) is 2. The second-order valence-electron chi connectivity index (χ2n) is 9.79. The third-order valence-electron chi connectivity index (χ3n) is 7.71. The molecule has 1 aromatic heterocycles. The maximum atomic E-state index is 12.4. The number of nitrogens with one attached hydrogen (secondary N) is 2. The number of hydrogen-bond donors (Lipinski definition) is 2. The Morgan fingerprint density at radius 2 is 1.91 bits per heavy atom. The minimum Gasteiger partial charge on any atom is -0.493 e. The second kappa shape index (κ2) is 9.06. The van der Waals surface area contributed by atoms with Crippen molar-refractivity contribution in [3.63, 3.8) is 0 Å². The van der Waals surface area contributed by atoms with Crippen LogP contribution in [-0.4, -0.2) is 29.9 Å². The quantitative estimate of drug-likeness (QED) is 0.465. The molecule has 3 aromatic rings. The van der Waals surface area contributed by atoms with Crippen LogP contribution in [0.2, 0.25) is 0 Å². The van der Waals surface area contributed by atoms with Crippen LogP contribution in [-0.2, 0) is 4.79 Å². The highest BCUT2D eigenvalue weighted by Crippen LogP contribution is 2.63. The topological polar surface area (TPSA) is 80.4 Å². The molecular formula is C27H28N2O4S2. The lowest BCUT2D eigenvalue weighted by Crippen LogP contribution is -2.33. The van der Waals surface area contributed by atoms with Crippen LogP contribution in [0.4, 0.5) is 5.69 Å². The number of thioether (sulfide) groups is 1. The molecule has 35 heavy (non-hydrogen) atoms. The fourth-order valence-electron chi connectivity index (χ4n) is 6.20. The molecule has 0 saturated heterocycles. The minimum absolute atomic E-state index is 0.0197. The summed E-state index contributed by atoms with van der Waals surface area (Å²) >= 11 is 3.24. The summed E-state index contributed by atoms with van der Waals surface area (Å²) in [7, 11) is 1.62. The number of rotatable bonds is 6. The number of methoxy groups -OCH3 is 1. The summed E-state index contributed by atoms with van der Waals surface area (Å²) < 4.78 is 11.5. The Balaban J connectivity index is 1.24. The van der Waals surface area contributed by atoms with Gasteiger partial charge in [0.1, 0.15) is 0 Å². The number of H-pyrrole nitrogens is 1. The number of aromatic nitrogens is 1. The average molecular weight is 509 g/mol. The number of aromatic amines is 1. The maximum absolute atomic E-state index is 12.4. The summed E-state index contributed by atoms with van der Waals surface area (Å²) in [5, 5.41) is 4.46. The van der Waals surface area contributed by atoms with E-state index in [-0.39, 0.29) is 23.3 Å². The third-order valence-corrected chi connectivity index (χ3v) is 10.3. The highest BCUT2D eigenvalue weighted by molar-refractivity contribution is 8.00. The van der Waals surface area contributed by atoms with Gasteiger partial charge < -0.3 is 19.8 Å². The molecule has 2 fully saturated rings. The molecule has 8 heteroatoms. The fourth-order valence-corrected chi connectivity index (χ4v) is 9.09. The van der Waals surface area contributed by atoms with Crippen LogP contribution in [0.1, 0.15) is 41.2 Å². The van der Waals surface area contributed by atoms with Gasteiger partial charge in [-0.05, 0) is 73.8 Å². The first-order chi connectivity index (χ1) is 17.0. The average Bonchev–Trinajstić information content (AvgIpc) is 3.57. The van der Waals surface area contributed by atoms with Gasteiger partial charge >= 0.3 is 4.87 Å². The Labute approximate surface area is 212 Å². The number of benzene rings is 2. The van der Waals surface area contributed by atoms with E-state index in [1.165, 1.54) is 30.6 Å². The standard InChI is InChI=1S/C27H28N2O4S2/c1-14-3-8-18(9-4-14)28-21(30)13-33-19-10-7-16(12-20(19)32-2)23-22-15-5-6-17(11-15)24(22)34-26-25(23)35-27(31)29-26/h3-4,7-10,12,15,17,22-24H,5-6,11,13H2,1-2H3,(H,28,30)(H,29,31)/t15?,17?,22?,23-,24?/m1/s1. The summed E-state index contributed by atoms with van der Waals surface area (Å²) in [6, 6.07) is 13.7. The molecule has 2 saturated carbocycles. The Morgan fingerprint density at radius 1 is 1.11 bits per heavy atom. The van der Waals surface area contributed by atoms with E-state index >= 15 is 0 Å². The second-order valence-corrected chi connectivity index (χ2v) is 12.0. The lowest BCUT2D eigenvalue weighted by molar-refractivity contribution is -0.118. The van der Waals surface area contributed by atoms with Crippen molar-refractivity contribution >= 4 is 34.7 Å². The van der Waals surface area contributed by atoms with Crippen molar-refractivity contribution in [1.82, 2.24) is 4.98 Å². The lowest BCUT2D eigenvalue weighted by atomic mass is 9.75. The molecule has 2 N–H and O–H groups in total. The van der Waals surface area contributed by atoms with Crippen LogP contribution >= 0.6 is 23.1 Å². The van der Waals surface area contributed by atoms with E-state index < -0.39 is 0 Å². The molecule has 182 valence electrons. The van der Waals surface area contributed by atoms with Crippen LogP contribution in [0, 0.1) is 24.7 Å². The number of anilines is 1. The molecule has 2 bridgehead atoms. The van der Waals surface area contributed by atoms with Crippen LogP contribution < -0.4 is 19.7 Å². The van der Waals surface area contributed by atoms with Gasteiger partial charge in [0.25, 0.3) is 5.91 Å². The summed E-state index contributed by atoms with van der Waals surface area (Å²) in [6.45, 7) is 1.90. The van der Waals surface area contributed by atoms with E-state index in [1.807, 2.05) is 55.1 Å². The molecule has 6 rings (SSSR count). The van der Waals surface area contributed by atoms with Crippen molar-refractivity contribution in [2.45, 2.75) is 42.4 Å². The highest BCUT2D eigenvalue weighted by atomic mass is 32.2. The van der Waals surface area contributed by atoms with Gasteiger partial charge in [0.15, 0.2) is 18.1 Å². The fraction of sp³-hybridized carbons (Fsp3) is 0.407. The molecule has 6 nitrogen and oxygen atoms in total. The number of hydrogen-bond acceptors (Lipinski definition) is 6. The molecule has 4 unspecified atom stereocenters. The number of fused-ring (bicyclic) bond motifs is 6. The maximum Gasteiger partial charge on any atom is 0.305 e. The van der Waals surface area contributed by atoms with Gasteiger partial charge in [0.05, 0.1) is 12.1 Å². The van der Waals surface area contributed by atoms with Gasteiger partial charge in [0.2, 0.25) is 0 Å². The zero-order valence-corrected chi connectivity index (χ0v) is 21.3. The Bertz CT molecular complexity index is 1320.